The number of rotatable bonds is 10. The number of hydrogen-bond donors (Lipinski definition) is 1. The van der Waals surface area contributed by atoms with Crippen molar-refractivity contribution in [3.63, 3.8) is 0 Å². The summed E-state index contributed by atoms with van der Waals surface area (Å²) in [4.78, 5) is 27.5. The summed E-state index contributed by atoms with van der Waals surface area (Å²) >= 11 is 5.89. The molecule has 5 nitrogen and oxygen atoms in total. The van der Waals surface area contributed by atoms with Crippen molar-refractivity contribution in [2.24, 2.45) is 0 Å². The summed E-state index contributed by atoms with van der Waals surface area (Å²) in [6.45, 7) is 6.07. The van der Waals surface area contributed by atoms with Crippen LogP contribution in [0.15, 0.2) is 54.6 Å². The van der Waals surface area contributed by atoms with Crippen molar-refractivity contribution in [3.05, 3.63) is 65.2 Å². The number of halogens is 1. The molecule has 2 aromatic rings. The molecule has 0 fully saturated rings. The highest BCUT2D eigenvalue weighted by Gasteiger charge is 2.29. The predicted octanol–water partition coefficient (Wildman–Crippen LogP) is 4.44. The summed E-state index contributed by atoms with van der Waals surface area (Å²) in [5.41, 5.74) is 0.960. The van der Waals surface area contributed by atoms with Crippen LogP contribution in [0.1, 0.15) is 39.2 Å². The van der Waals surface area contributed by atoms with Crippen molar-refractivity contribution in [2.45, 2.75) is 52.2 Å². The van der Waals surface area contributed by atoms with E-state index in [2.05, 4.69) is 5.32 Å². The van der Waals surface area contributed by atoms with E-state index in [0.717, 1.165) is 12.0 Å². The van der Waals surface area contributed by atoms with Crippen LogP contribution < -0.4 is 10.1 Å². The maximum absolute atomic E-state index is 13.0. The fourth-order valence-corrected chi connectivity index (χ4v) is 3.03. The van der Waals surface area contributed by atoms with Crippen LogP contribution in [-0.4, -0.2) is 35.4 Å². The first-order chi connectivity index (χ1) is 13.9. The molecule has 0 spiro atoms. The van der Waals surface area contributed by atoms with Crippen molar-refractivity contribution in [2.75, 3.05) is 6.61 Å². The third-order valence-electron chi connectivity index (χ3n) is 4.76. The second-order valence-corrected chi connectivity index (χ2v) is 7.43. The molecule has 0 aromatic heterocycles. The van der Waals surface area contributed by atoms with E-state index in [4.69, 9.17) is 16.3 Å². The summed E-state index contributed by atoms with van der Waals surface area (Å²) in [7, 11) is 0. The summed E-state index contributed by atoms with van der Waals surface area (Å²) in [5.74, 6) is 0.173. The largest absolute Gasteiger partial charge is 0.484 e. The van der Waals surface area contributed by atoms with E-state index in [1.165, 1.54) is 0 Å². The summed E-state index contributed by atoms with van der Waals surface area (Å²) in [6.07, 6.45) is 1.34. The fraction of sp³-hybridized carbons (Fsp3) is 0.391. The number of benzene rings is 2. The molecule has 0 heterocycles. The van der Waals surface area contributed by atoms with Crippen LogP contribution in [0.2, 0.25) is 5.02 Å². The highest BCUT2D eigenvalue weighted by atomic mass is 35.5. The van der Waals surface area contributed by atoms with Gasteiger partial charge in [0.15, 0.2) is 6.61 Å². The summed E-state index contributed by atoms with van der Waals surface area (Å²) in [6, 6.07) is 16.0. The van der Waals surface area contributed by atoms with Crippen molar-refractivity contribution in [1.82, 2.24) is 10.2 Å². The highest BCUT2D eigenvalue weighted by Crippen LogP contribution is 2.17. The smallest absolute Gasteiger partial charge is 0.261 e. The zero-order chi connectivity index (χ0) is 21.2. The number of nitrogens with zero attached hydrogens (tertiary/aromatic N) is 1. The zero-order valence-corrected chi connectivity index (χ0v) is 18.0. The van der Waals surface area contributed by atoms with Crippen LogP contribution in [0.25, 0.3) is 0 Å². The molecule has 0 unspecified atom stereocenters. The third-order valence-corrected chi connectivity index (χ3v) is 5.01. The molecule has 0 aliphatic rings. The molecule has 0 aliphatic carbocycles. The molecule has 0 saturated carbocycles. The SMILES string of the molecule is CC[C@@H](C)NC(=O)[C@H](CC)N(Cc1ccccc1)C(=O)COc1ccc(Cl)cc1. The van der Waals surface area contributed by atoms with Crippen molar-refractivity contribution >= 4 is 23.4 Å². The lowest BCUT2D eigenvalue weighted by Gasteiger charge is -2.31. The first kappa shape index (κ1) is 22.8. The lowest BCUT2D eigenvalue weighted by Crippen LogP contribution is -2.51. The van der Waals surface area contributed by atoms with E-state index in [9.17, 15) is 9.59 Å². The Morgan fingerprint density at radius 3 is 2.28 bits per heavy atom. The van der Waals surface area contributed by atoms with Crippen LogP contribution in [0.4, 0.5) is 0 Å². The number of hydrogen-bond acceptors (Lipinski definition) is 3. The van der Waals surface area contributed by atoms with Gasteiger partial charge in [-0.2, -0.15) is 0 Å². The second kappa shape index (κ2) is 11.5. The average Bonchev–Trinajstić information content (AvgIpc) is 2.73. The normalized spacial score (nSPS) is 12.7. The van der Waals surface area contributed by atoms with E-state index < -0.39 is 6.04 Å². The second-order valence-electron chi connectivity index (χ2n) is 6.99. The molecular weight excluding hydrogens is 388 g/mol. The number of carbonyl (C=O) groups excluding carboxylic acids is 2. The van der Waals surface area contributed by atoms with Gasteiger partial charge >= 0.3 is 0 Å². The monoisotopic (exact) mass is 416 g/mol. The van der Waals surface area contributed by atoms with Gasteiger partial charge < -0.3 is 15.0 Å². The number of nitrogens with one attached hydrogen (secondary N) is 1. The first-order valence-electron chi connectivity index (χ1n) is 9.96. The Bertz CT molecular complexity index is 780. The highest BCUT2D eigenvalue weighted by molar-refractivity contribution is 6.30. The molecular formula is C23H29ClN2O3. The van der Waals surface area contributed by atoms with Crippen LogP contribution in [-0.2, 0) is 16.1 Å². The van der Waals surface area contributed by atoms with Crippen LogP contribution >= 0.6 is 11.6 Å². The molecule has 1 N–H and O–H groups in total. The zero-order valence-electron chi connectivity index (χ0n) is 17.2. The lowest BCUT2D eigenvalue weighted by atomic mass is 10.1. The minimum absolute atomic E-state index is 0.0514. The van der Waals surface area contributed by atoms with Gasteiger partial charge in [0, 0.05) is 17.6 Å². The van der Waals surface area contributed by atoms with Crippen LogP contribution in [0.3, 0.4) is 0 Å². The van der Waals surface area contributed by atoms with Crippen LogP contribution in [0.5, 0.6) is 5.75 Å². The molecule has 6 heteroatoms. The van der Waals surface area contributed by atoms with Gasteiger partial charge in [-0.1, -0.05) is 55.8 Å². The van der Waals surface area contributed by atoms with Gasteiger partial charge in [-0.05, 0) is 49.6 Å². The lowest BCUT2D eigenvalue weighted by molar-refractivity contribution is -0.143. The van der Waals surface area contributed by atoms with Gasteiger partial charge in [0.1, 0.15) is 11.8 Å². The molecule has 2 aromatic carbocycles. The van der Waals surface area contributed by atoms with Crippen molar-refractivity contribution in [3.8, 4) is 5.75 Å². The van der Waals surface area contributed by atoms with E-state index in [0.29, 0.717) is 23.7 Å². The van der Waals surface area contributed by atoms with Gasteiger partial charge in [-0.15, -0.1) is 0 Å². The van der Waals surface area contributed by atoms with E-state index in [1.54, 1.807) is 29.2 Å². The Kier molecular flexibility index (Phi) is 9.00. The molecule has 0 radical (unpaired) electrons. The molecule has 2 amide bonds. The minimum Gasteiger partial charge on any atom is -0.484 e. The molecule has 0 saturated heterocycles. The van der Waals surface area contributed by atoms with Gasteiger partial charge in [-0.3, -0.25) is 9.59 Å². The summed E-state index contributed by atoms with van der Waals surface area (Å²) < 4.78 is 5.64. The topological polar surface area (TPSA) is 58.6 Å². The Hall–Kier alpha value is -2.53. The summed E-state index contributed by atoms with van der Waals surface area (Å²) in [5, 5.41) is 3.59. The van der Waals surface area contributed by atoms with E-state index in [1.807, 2.05) is 51.1 Å². The first-order valence-corrected chi connectivity index (χ1v) is 10.3. The van der Waals surface area contributed by atoms with Crippen molar-refractivity contribution in [1.29, 1.82) is 0 Å². The average molecular weight is 417 g/mol. The number of amides is 2. The standard InChI is InChI=1S/C23H29ClN2O3/c1-4-17(3)25-23(28)21(5-2)26(15-18-9-7-6-8-10-18)22(27)16-29-20-13-11-19(24)12-14-20/h6-14,17,21H,4-5,15-16H2,1-3H3,(H,25,28)/t17-,21+/m1/s1. The van der Waals surface area contributed by atoms with Gasteiger partial charge in [0.2, 0.25) is 5.91 Å². The fourth-order valence-electron chi connectivity index (χ4n) is 2.90. The Morgan fingerprint density at radius 2 is 1.69 bits per heavy atom. The number of ether oxygens (including phenoxy) is 1. The van der Waals surface area contributed by atoms with Gasteiger partial charge in [0.25, 0.3) is 5.91 Å². The van der Waals surface area contributed by atoms with Crippen LogP contribution in [0, 0.1) is 0 Å². The van der Waals surface area contributed by atoms with E-state index >= 15 is 0 Å². The quantitative estimate of drug-likeness (QED) is 0.622. The van der Waals surface area contributed by atoms with Crippen molar-refractivity contribution < 1.29 is 14.3 Å². The molecule has 0 aliphatic heterocycles. The minimum atomic E-state index is -0.564. The molecule has 156 valence electrons. The molecule has 2 rings (SSSR count). The molecule has 29 heavy (non-hydrogen) atoms. The Labute approximate surface area is 178 Å². The van der Waals surface area contributed by atoms with Gasteiger partial charge in [0.05, 0.1) is 0 Å². The molecule has 2 atom stereocenters. The maximum Gasteiger partial charge on any atom is 0.261 e. The Balaban J connectivity index is 2.16. The Morgan fingerprint density at radius 1 is 1.03 bits per heavy atom. The predicted molar refractivity (Wildman–Crippen MR) is 116 cm³/mol. The maximum atomic E-state index is 13.0. The third kappa shape index (κ3) is 7.09. The number of carbonyl (C=O) groups is 2. The van der Waals surface area contributed by atoms with E-state index in [-0.39, 0.29) is 24.5 Å². The molecule has 0 bridgehead atoms. The van der Waals surface area contributed by atoms with Gasteiger partial charge in [-0.25, -0.2) is 0 Å².